The second-order valence-corrected chi connectivity index (χ2v) is 7.36. The lowest BCUT2D eigenvalue weighted by Crippen LogP contribution is -2.58. The number of carbonyl (C=O) groups excluding carboxylic acids is 1. The number of aromatic nitrogens is 2. The lowest BCUT2D eigenvalue weighted by molar-refractivity contribution is -0.129. The summed E-state index contributed by atoms with van der Waals surface area (Å²) in [5.74, 6) is 0.867. The Balaban J connectivity index is 1.64. The molecule has 2 aromatic rings. The number of hydrogen-bond acceptors (Lipinski definition) is 3. The highest BCUT2D eigenvalue weighted by Gasteiger charge is 2.38. The number of hydrogen-bond donors (Lipinski definition) is 2. The highest BCUT2D eigenvalue weighted by Crippen LogP contribution is 2.31. The van der Waals surface area contributed by atoms with Gasteiger partial charge in [-0.2, -0.15) is 5.10 Å². The molecule has 2 aliphatic rings. The maximum atomic E-state index is 12.1. The van der Waals surface area contributed by atoms with Crippen molar-refractivity contribution in [2.45, 2.75) is 44.7 Å². The SMILES string of the molecule is CN1C(=N)N[C@](C)(c2ccc3cn(CC4CCC4)nc3c2)CC1=O. The van der Waals surface area contributed by atoms with Gasteiger partial charge in [0.1, 0.15) is 0 Å². The van der Waals surface area contributed by atoms with Crippen LogP contribution in [0.2, 0.25) is 0 Å². The summed E-state index contributed by atoms with van der Waals surface area (Å²) in [7, 11) is 1.63. The molecule has 6 heteroatoms. The minimum absolute atomic E-state index is 0.0446. The van der Waals surface area contributed by atoms with Crippen molar-refractivity contribution in [1.29, 1.82) is 5.41 Å². The second-order valence-electron chi connectivity index (χ2n) is 7.36. The van der Waals surface area contributed by atoms with Gasteiger partial charge in [0.15, 0.2) is 5.96 Å². The molecule has 2 N–H and O–H groups in total. The average molecular weight is 325 g/mol. The first-order chi connectivity index (χ1) is 11.4. The molecule has 1 saturated heterocycles. The molecular weight excluding hydrogens is 302 g/mol. The van der Waals surface area contributed by atoms with E-state index in [0.29, 0.717) is 6.42 Å². The summed E-state index contributed by atoms with van der Waals surface area (Å²) < 4.78 is 2.05. The van der Waals surface area contributed by atoms with Crippen LogP contribution in [0.4, 0.5) is 0 Å². The van der Waals surface area contributed by atoms with Crippen molar-refractivity contribution in [3.8, 4) is 0 Å². The minimum Gasteiger partial charge on any atom is -0.346 e. The predicted octanol–water partition coefficient (Wildman–Crippen LogP) is 2.44. The first-order valence-corrected chi connectivity index (χ1v) is 8.56. The van der Waals surface area contributed by atoms with Gasteiger partial charge in [0, 0.05) is 25.2 Å². The number of nitrogens with zero attached hydrogens (tertiary/aromatic N) is 3. The van der Waals surface area contributed by atoms with Crippen LogP contribution >= 0.6 is 0 Å². The van der Waals surface area contributed by atoms with Gasteiger partial charge >= 0.3 is 0 Å². The molecule has 0 bridgehead atoms. The van der Waals surface area contributed by atoms with E-state index in [-0.39, 0.29) is 11.9 Å². The van der Waals surface area contributed by atoms with E-state index < -0.39 is 5.54 Å². The Morgan fingerprint density at radius 2 is 2.21 bits per heavy atom. The van der Waals surface area contributed by atoms with E-state index in [9.17, 15) is 4.79 Å². The van der Waals surface area contributed by atoms with Crippen LogP contribution in [-0.4, -0.2) is 33.6 Å². The molecule has 0 spiro atoms. The van der Waals surface area contributed by atoms with Crippen molar-refractivity contribution < 1.29 is 4.79 Å². The molecule has 2 fully saturated rings. The van der Waals surface area contributed by atoms with Crippen LogP contribution in [0.15, 0.2) is 24.4 Å². The maximum Gasteiger partial charge on any atom is 0.231 e. The lowest BCUT2D eigenvalue weighted by Gasteiger charge is -2.39. The summed E-state index contributed by atoms with van der Waals surface area (Å²) in [5, 5.41) is 17.0. The first-order valence-electron chi connectivity index (χ1n) is 8.56. The second kappa shape index (κ2) is 5.33. The monoisotopic (exact) mass is 325 g/mol. The fraction of sp³-hybridized carbons (Fsp3) is 0.500. The number of amides is 1. The zero-order valence-corrected chi connectivity index (χ0v) is 14.2. The molecule has 2 heterocycles. The molecule has 1 aliphatic heterocycles. The molecule has 24 heavy (non-hydrogen) atoms. The topological polar surface area (TPSA) is 74.0 Å². The van der Waals surface area contributed by atoms with Crippen molar-refractivity contribution in [2.75, 3.05) is 7.05 Å². The predicted molar refractivity (Wildman–Crippen MR) is 92.7 cm³/mol. The van der Waals surface area contributed by atoms with Crippen LogP contribution in [0, 0.1) is 11.3 Å². The lowest BCUT2D eigenvalue weighted by atomic mass is 9.85. The third-order valence-electron chi connectivity index (χ3n) is 5.47. The zero-order valence-electron chi connectivity index (χ0n) is 14.2. The molecule has 0 unspecified atom stereocenters. The fourth-order valence-electron chi connectivity index (χ4n) is 3.55. The van der Waals surface area contributed by atoms with Crippen LogP contribution in [-0.2, 0) is 16.9 Å². The molecule has 1 saturated carbocycles. The van der Waals surface area contributed by atoms with Crippen LogP contribution in [0.3, 0.4) is 0 Å². The van der Waals surface area contributed by atoms with Crippen LogP contribution < -0.4 is 5.32 Å². The van der Waals surface area contributed by atoms with Crippen LogP contribution in [0.25, 0.3) is 10.9 Å². The number of benzene rings is 1. The van der Waals surface area contributed by atoms with Gasteiger partial charge in [-0.15, -0.1) is 0 Å². The summed E-state index contributed by atoms with van der Waals surface area (Å²) in [6.07, 6.45) is 6.39. The molecule has 1 aliphatic carbocycles. The molecule has 1 aromatic carbocycles. The highest BCUT2D eigenvalue weighted by molar-refractivity contribution is 5.99. The Hall–Kier alpha value is -2.37. The highest BCUT2D eigenvalue weighted by atomic mass is 16.2. The Bertz CT molecular complexity index is 802. The number of nitrogens with one attached hydrogen (secondary N) is 2. The van der Waals surface area contributed by atoms with Gasteiger partial charge < -0.3 is 5.32 Å². The quantitative estimate of drug-likeness (QED) is 0.910. The fourth-order valence-corrected chi connectivity index (χ4v) is 3.55. The normalized spacial score (nSPS) is 25.0. The number of carbonyl (C=O) groups is 1. The van der Waals surface area contributed by atoms with Crippen molar-refractivity contribution in [1.82, 2.24) is 20.0 Å². The van der Waals surface area contributed by atoms with Crippen molar-refractivity contribution in [2.24, 2.45) is 5.92 Å². The zero-order chi connectivity index (χ0) is 16.9. The van der Waals surface area contributed by atoms with E-state index in [4.69, 9.17) is 10.5 Å². The van der Waals surface area contributed by atoms with Crippen molar-refractivity contribution >= 4 is 22.8 Å². The molecule has 1 atom stereocenters. The Kier molecular flexibility index (Phi) is 3.37. The van der Waals surface area contributed by atoms with E-state index in [1.165, 1.54) is 24.2 Å². The smallest absolute Gasteiger partial charge is 0.231 e. The minimum atomic E-state index is -0.563. The molecular formula is C18H23N5O. The first kappa shape index (κ1) is 15.2. The van der Waals surface area contributed by atoms with E-state index in [1.807, 2.05) is 19.1 Å². The average Bonchev–Trinajstić information content (AvgIpc) is 2.90. The number of fused-ring (bicyclic) bond motifs is 1. The van der Waals surface area contributed by atoms with Gasteiger partial charge in [0.25, 0.3) is 0 Å². The van der Waals surface area contributed by atoms with Gasteiger partial charge in [-0.1, -0.05) is 18.6 Å². The van der Waals surface area contributed by atoms with E-state index >= 15 is 0 Å². The Labute approximate surface area is 141 Å². The Morgan fingerprint density at radius 1 is 1.42 bits per heavy atom. The standard InChI is InChI=1S/C18H23N5O/c1-18(9-16(24)22(2)17(19)20-18)14-7-6-13-11-23(21-15(13)8-14)10-12-4-3-5-12/h6-8,11-12H,3-5,9-10H2,1-2H3,(H2,19,20)/t18-/m0/s1. The van der Waals surface area contributed by atoms with Gasteiger partial charge in [-0.3, -0.25) is 19.8 Å². The van der Waals surface area contributed by atoms with E-state index in [2.05, 4.69) is 22.3 Å². The summed E-state index contributed by atoms with van der Waals surface area (Å²) in [4.78, 5) is 13.5. The van der Waals surface area contributed by atoms with Crippen LogP contribution in [0.5, 0.6) is 0 Å². The Morgan fingerprint density at radius 3 is 2.88 bits per heavy atom. The van der Waals surface area contributed by atoms with Gasteiger partial charge in [0.2, 0.25) is 5.91 Å². The molecule has 1 amide bonds. The summed E-state index contributed by atoms with van der Waals surface area (Å²) in [6, 6.07) is 6.15. The van der Waals surface area contributed by atoms with Crippen molar-refractivity contribution in [3.63, 3.8) is 0 Å². The molecule has 1 aromatic heterocycles. The third kappa shape index (κ3) is 2.46. The maximum absolute atomic E-state index is 12.1. The van der Waals surface area contributed by atoms with Crippen LogP contribution in [0.1, 0.15) is 38.2 Å². The molecule has 0 radical (unpaired) electrons. The number of guanidine groups is 1. The van der Waals surface area contributed by atoms with Gasteiger partial charge in [0.05, 0.1) is 17.5 Å². The molecule has 4 rings (SSSR count). The molecule has 6 nitrogen and oxygen atoms in total. The summed E-state index contributed by atoms with van der Waals surface area (Å²) in [6.45, 7) is 2.96. The largest absolute Gasteiger partial charge is 0.346 e. The third-order valence-corrected chi connectivity index (χ3v) is 5.47. The summed E-state index contributed by atoms with van der Waals surface area (Å²) in [5.41, 5.74) is 1.38. The van der Waals surface area contributed by atoms with Gasteiger partial charge in [-0.25, -0.2) is 0 Å². The van der Waals surface area contributed by atoms with Crippen molar-refractivity contribution in [3.05, 3.63) is 30.0 Å². The molecule has 126 valence electrons. The summed E-state index contributed by atoms with van der Waals surface area (Å²) >= 11 is 0. The van der Waals surface area contributed by atoms with E-state index in [0.717, 1.165) is 28.9 Å². The van der Waals surface area contributed by atoms with E-state index in [1.54, 1.807) is 7.05 Å². The number of rotatable bonds is 3. The van der Waals surface area contributed by atoms with Gasteiger partial charge in [-0.05, 0) is 37.3 Å².